The van der Waals surface area contributed by atoms with E-state index in [1.54, 1.807) is 6.33 Å². The lowest BCUT2D eigenvalue weighted by molar-refractivity contribution is 0.0883. The van der Waals surface area contributed by atoms with Gasteiger partial charge in [0, 0.05) is 38.9 Å². The number of benzene rings is 2. The highest BCUT2D eigenvalue weighted by molar-refractivity contribution is 5.84. The first-order valence-corrected chi connectivity index (χ1v) is 12.9. The Bertz CT molecular complexity index is 1080. The molecule has 1 aliphatic carbocycles. The third-order valence-corrected chi connectivity index (χ3v) is 7.75. The van der Waals surface area contributed by atoms with Gasteiger partial charge in [-0.15, -0.1) is 0 Å². The molecule has 0 amide bonds. The van der Waals surface area contributed by atoms with Crippen molar-refractivity contribution in [1.82, 2.24) is 14.9 Å². The molecule has 2 aromatic carbocycles. The molecule has 5 nitrogen and oxygen atoms in total. The van der Waals surface area contributed by atoms with Crippen molar-refractivity contribution >= 4 is 16.6 Å². The van der Waals surface area contributed by atoms with Crippen molar-refractivity contribution in [3.63, 3.8) is 0 Å². The van der Waals surface area contributed by atoms with Crippen LogP contribution in [0.2, 0.25) is 0 Å². The van der Waals surface area contributed by atoms with Gasteiger partial charge in [0.1, 0.15) is 17.9 Å². The fourth-order valence-electron chi connectivity index (χ4n) is 5.55. The van der Waals surface area contributed by atoms with E-state index in [0.29, 0.717) is 11.5 Å². The molecule has 0 radical (unpaired) electrons. The maximum atomic E-state index is 6.40. The summed E-state index contributed by atoms with van der Waals surface area (Å²) in [6, 6.07) is 15.5. The van der Waals surface area contributed by atoms with E-state index in [0.717, 1.165) is 50.2 Å². The van der Waals surface area contributed by atoms with Gasteiger partial charge in [0.05, 0.1) is 6.10 Å². The van der Waals surface area contributed by atoms with Gasteiger partial charge in [-0.1, -0.05) is 39.0 Å². The molecule has 0 N–H and O–H groups in total. The molecule has 2 fully saturated rings. The molecule has 1 saturated carbocycles. The second-order valence-corrected chi connectivity index (χ2v) is 11.1. The fraction of sp³-hybridized carbons (Fsp3) is 0.517. The van der Waals surface area contributed by atoms with Crippen LogP contribution < -0.4 is 9.64 Å². The van der Waals surface area contributed by atoms with Crippen molar-refractivity contribution in [3.8, 4) is 5.75 Å². The zero-order chi connectivity index (χ0) is 23.5. The van der Waals surface area contributed by atoms with E-state index in [1.165, 1.54) is 42.0 Å². The molecule has 5 rings (SSSR count). The third-order valence-electron chi connectivity index (χ3n) is 7.75. The first kappa shape index (κ1) is 23.1. The molecular formula is C29H38N4O. The predicted octanol–water partition coefficient (Wildman–Crippen LogP) is 5.94. The second-order valence-electron chi connectivity index (χ2n) is 11.1. The number of anilines is 1. The van der Waals surface area contributed by atoms with Crippen molar-refractivity contribution in [2.45, 2.75) is 59.1 Å². The van der Waals surface area contributed by atoms with Crippen LogP contribution in [0.4, 0.5) is 5.82 Å². The molecule has 0 unspecified atom stereocenters. The summed E-state index contributed by atoms with van der Waals surface area (Å²) in [6.07, 6.45) is 8.70. The summed E-state index contributed by atoms with van der Waals surface area (Å²) < 4.78 is 6.40. The highest BCUT2D eigenvalue weighted by Gasteiger charge is 2.30. The Hall–Kier alpha value is -2.66. The summed E-state index contributed by atoms with van der Waals surface area (Å²) in [5.41, 5.74) is 1.79. The Labute approximate surface area is 204 Å². The molecule has 5 heteroatoms. The van der Waals surface area contributed by atoms with Gasteiger partial charge in [0.2, 0.25) is 0 Å². The van der Waals surface area contributed by atoms with E-state index in [9.17, 15) is 0 Å². The standard InChI is InChI=1S/C29H38N4O/c1-29(2,3)25-7-10-26(11-8-25)34-27-9-6-23-18-22(4-5-24(23)19-27)20-32-14-16-33(17-15-32)28-12-13-30-21-31-28/h4-6,9,12-13,18-19,21,25-26H,7-8,10-11,14-17,20H2,1-3H3/t25-,26-. The lowest BCUT2D eigenvalue weighted by Crippen LogP contribution is -2.46. The number of hydrogen-bond donors (Lipinski definition) is 0. The molecule has 180 valence electrons. The average molecular weight is 459 g/mol. The average Bonchev–Trinajstić information content (AvgIpc) is 2.85. The monoisotopic (exact) mass is 458 g/mol. The van der Waals surface area contributed by atoms with Gasteiger partial charge in [0.15, 0.2) is 0 Å². The number of nitrogens with zero attached hydrogens (tertiary/aromatic N) is 4. The number of ether oxygens (including phenoxy) is 1. The summed E-state index contributed by atoms with van der Waals surface area (Å²) >= 11 is 0. The van der Waals surface area contributed by atoms with Gasteiger partial charge < -0.3 is 9.64 Å². The van der Waals surface area contributed by atoms with E-state index in [4.69, 9.17) is 4.74 Å². The number of rotatable bonds is 5. The Morgan fingerprint density at radius 2 is 1.62 bits per heavy atom. The van der Waals surface area contributed by atoms with Gasteiger partial charge in [-0.25, -0.2) is 9.97 Å². The van der Waals surface area contributed by atoms with Crippen molar-refractivity contribution in [1.29, 1.82) is 0 Å². The molecule has 2 aliphatic rings. The lowest BCUT2D eigenvalue weighted by Gasteiger charge is -2.37. The van der Waals surface area contributed by atoms with Crippen molar-refractivity contribution < 1.29 is 4.74 Å². The van der Waals surface area contributed by atoms with E-state index in [2.05, 4.69) is 76.9 Å². The zero-order valence-corrected chi connectivity index (χ0v) is 20.9. The normalized spacial score (nSPS) is 22.1. The molecule has 2 heterocycles. The first-order chi connectivity index (χ1) is 16.4. The highest BCUT2D eigenvalue weighted by Crippen LogP contribution is 2.39. The maximum Gasteiger partial charge on any atom is 0.131 e. The third kappa shape index (κ3) is 5.52. The minimum absolute atomic E-state index is 0.358. The van der Waals surface area contributed by atoms with Crippen LogP contribution in [0.3, 0.4) is 0 Å². The molecule has 0 bridgehead atoms. The smallest absolute Gasteiger partial charge is 0.131 e. The Morgan fingerprint density at radius 1 is 0.882 bits per heavy atom. The lowest BCUT2D eigenvalue weighted by atomic mass is 9.72. The summed E-state index contributed by atoms with van der Waals surface area (Å²) in [7, 11) is 0. The predicted molar refractivity (Wildman–Crippen MR) is 139 cm³/mol. The van der Waals surface area contributed by atoms with Gasteiger partial charge in [0.25, 0.3) is 0 Å². The minimum atomic E-state index is 0.358. The Kier molecular flexibility index (Phi) is 6.73. The molecule has 1 aromatic heterocycles. The van der Waals surface area contributed by atoms with Gasteiger partial charge >= 0.3 is 0 Å². The molecule has 34 heavy (non-hydrogen) atoms. The van der Waals surface area contributed by atoms with Crippen LogP contribution in [0.5, 0.6) is 5.75 Å². The van der Waals surface area contributed by atoms with E-state index < -0.39 is 0 Å². The van der Waals surface area contributed by atoms with Crippen LogP contribution in [0.1, 0.15) is 52.0 Å². The molecule has 3 aromatic rings. The summed E-state index contributed by atoms with van der Waals surface area (Å²) in [4.78, 5) is 13.3. The second kappa shape index (κ2) is 9.91. The Balaban J connectivity index is 1.16. The van der Waals surface area contributed by atoms with E-state index >= 15 is 0 Å². The molecule has 0 atom stereocenters. The van der Waals surface area contributed by atoms with Crippen LogP contribution >= 0.6 is 0 Å². The van der Waals surface area contributed by atoms with E-state index in [1.807, 2.05) is 12.3 Å². The van der Waals surface area contributed by atoms with Gasteiger partial charge in [-0.2, -0.15) is 0 Å². The number of piperazine rings is 1. The topological polar surface area (TPSA) is 41.5 Å². The van der Waals surface area contributed by atoms with Gasteiger partial charge in [-0.05, 0) is 77.6 Å². The summed E-state index contributed by atoms with van der Waals surface area (Å²) in [5.74, 6) is 2.86. The van der Waals surface area contributed by atoms with E-state index in [-0.39, 0.29) is 0 Å². The van der Waals surface area contributed by atoms with Crippen LogP contribution in [-0.2, 0) is 6.54 Å². The van der Waals surface area contributed by atoms with Crippen molar-refractivity contribution in [2.24, 2.45) is 11.3 Å². The summed E-state index contributed by atoms with van der Waals surface area (Å²) in [6.45, 7) is 12.2. The molecule has 1 aliphatic heterocycles. The highest BCUT2D eigenvalue weighted by atomic mass is 16.5. The fourth-order valence-corrected chi connectivity index (χ4v) is 5.55. The minimum Gasteiger partial charge on any atom is -0.490 e. The molecule has 0 spiro atoms. The van der Waals surface area contributed by atoms with Crippen LogP contribution in [0, 0.1) is 11.3 Å². The van der Waals surface area contributed by atoms with Crippen molar-refractivity contribution in [2.75, 3.05) is 31.1 Å². The van der Waals surface area contributed by atoms with Crippen LogP contribution in [0.15, 0.2) is 55.0 Å². The number of hydrogen-bond acceptors (Lipinski definition) is 5. The zero-order valence-electron chi connectivity index (χ0n) is 20.9. The quantitative estimate of drug-likeness (QED) is 0.474. The van der Waals surface area contributed by atoms with Crippen molar-refractivity contribution in [3.05, 3.63) is 60.6 Å². The Morgan fingerprint density at radius 3 is 2.32 bits per heavy atom. The maximum absolute atomic E-state index is 6.40. The largest absolute Gasteiger partial charge is 0.490 e. The SMILES string of the molecule is CC(C)(C)[C@H]1CC[C@H](Oc2ccc3cc(CN4CCN(c5ccncn5)CC4)ccc3c2)CC1. The number of aromatic nitrogens is 2. The summed E-state index contributed by atoms with van der Waals surface area (Å²) in [5, 5.41) is 2.55. The van der Waals surface area contributed by atoms with Crippen LogP contribution in [-0.4, -0.2) is 47.2 Å². The first-order valence-electron chi connectivity index (χ1n) is 12.9. The molecule has 1 saturated heterocycles. The molecular weight excluding hydrogens is 420 g/mol. The van der Waals surface area contributed by atoms with Gasteiger partial charge in [-0.3, -0.25) is 4.90 Å². The number of fused-ring (bicyclic) bond motifs is 1. The van der Waals surface area contributed by atoms with Crippen LogP contribution in [0.25, 0.3) is 10.8 Å².